The first-order valence-electron chi connectivity index (χ1n) is 19.8. The Balaban J connectivity index is -0.000000183. The van der Waals surface area contributed by atoms with Crippen LogP contribution in [0.2, 0.25) is 0 Å². The van der Waals surface area contributed by atoms with Crippen LogP contribution < -0.4 is 6.15 Å². The van der Waals surface area contributed by atoms with E-state index in [1.165, 1.54) is 44.9 Å². The van der Waals surface area contributed by atoms with Gasteiger partial charge in [0.05, 0.1) is 6.61 Å². The van der Waals surface area contributed by atoms with Gasteiger partial charge in [0.1, 0.15) is 43.2 Å². The molecule has 0 spiro atoms. The topological polar surface area (TPSA) is 338 Å². The second-order valence-corrected chi connectivity index (χ2v) is 17.3. The summed E-state index contributed by atoms with van der Waals surface area (Å²) in [5, 5.41) is 31.7. The molecule has 0 aromatic heterocycles. The van der Waals surface area contributed by atoms with E-state index in [0.717, 1.165) is 25.7 Å². The van der Waals surface area contributed by atoms with Crippen molar-refractivity contribution in [3.8, 4) is 95.2 Å². The highest BCUT2D eigenvalue weighted by molar-refractivity contribution is 7.47. The molecule has 1 fully saturated rings. The first kappa shape index (κ1) is 60.6. The van der Waals surface area contributed by atoms with E-state index in [9.17, 15) is 63.1 Å². The highest BCUT2D eigenvalue weighted by Gasteiger charge is 2.56. The number of carbonyl (C=O) groups is 2. The summed E-state index contributed by atoms with van der Waals surface area (Å²) in [5.41, 5.74) is 0. The molecule has 0 radical (unpaired) electrons. The number of rotatable bonds is 26. The zero-order chi connectivity index (χ0) is 47.9. The van der Waals surface area contributed by atoms with E-state index in [2.05, 4.69) is 98.9 Å². The van der Waals surface area contributed by atoms with Gasteiger partial charge < -0.3 is 55.4 Å². The maximum atomic E-state index is 13.0. The van der Waals surface area contributed by atoms with Crippen LogP contribution in [-0.2, 0) is 50.9 Å². The van der Waals surface area contributed by atoms with E-state index >= 15 is 0 Å². The number of hydrogen-bond acceptors (Lipinski definition) is 15. The Kier molecular flexibility index (Phi) is 31.7. The Morgan fingerprint density at radius 3 is 1.42 bits per heavy atom. The Hall–Kier alpha value is -4.41. The predicted octanol–water partition coefficient (Wildman–Crippen LogP) is 5.99. The highest BCUT2D eigenvalue weighted by atomic mass is 31.2. The number of phosphoric acid groups is 3. The van der Waals surface area contributed by atoms with Gasteiger partial charge in [-0.2, -0.15) is 0 Å². The van der Waals surface area contributed by atoms with Crippen LogP contribution in [0, 0.1) is 95.2 Å². The minimum absolute atomic E-state index is 0. The number of terminal acetylenes is 1. The molecule has 65 heavy (non-hydrogen) atoms. The lowest BCUT2D eigenvalue weighted by Crippen LogP contribution is -2.65. The summed E-state index contributed by atoms with van der Waals surface area (Å²) in [6, 6.07) is 0. The van der Waals surface area contributed by atoms with Crippen molar-refractivity contribution in [2.45, 2.75) is 140 Å². The standard InChI is InChI=1S/C42H51O19P3.H3N.15H2/c1-3-5-7-9-11-13-15-17-19-20-22-24-26-28-30-35(43)56-32-34(58-36(44)31-29-27-25-23-21-18-16-14-12-10-8-6-4-2)33-57-64(54,55)61-40-37(45)38(46)41(59-62(48,49)50)42(39(40)47)60-63(51,52)53;;;;;;;;;;;;;;;;/h1,34,37-42,45-47H,4,6,8,10,12,14,16,18,21,23,25,27,29,31-33H2,2H3,(H,54,55)(H2,48,49,50)(H2,51,52,53);1H3;15*1H/t34-,37+,38?,39?,40?,41-,42+;;;;;;;;;;;;;;;;/m1................/s1. The molecule has 1 rings (SSSR count). The number of phosphoric ester groups is 3. The summed E-state index contributed by atoms with van der Waals surface area (Å²) in [4.78, 5) is 72.5. The second-order valence-electron chi connectivity index (χ2n) is 13.5. The predicted molar refractivity (Wildman–Crippen MR) is 264 cm³/mol. The molecule has 0 bridgehead atoms. The molecule has 20 nitrogen and oxygen atoms in total. The molecule has 386 valence electrons. The van der Waals surface area contributed by atoms with Gasteiger partial charge in [0, 0.05) is 33.7 Å². The van der Waals surface area contributed by atoms with Crippen LogP contribution in [0.1, 0.15) is 118 Å². The highest BCUT2D eigenvalue weighted by Crippen LogP contribution is 2.51. The number of unbranched alkanes of at least 4 members (excludes halogenated alkanes) is 12. The van der Waals surface area contributed by atoms with Crippen LogP contribution in [0.15, 0.2) is 0 Å². The average molecular weight is 1000 g/mol. The molecular formula is C42H84NO19P3. The van der Waals surface area contributed by atoms with Crippen molar-refractivity contribution < 1.29 is 112 Å². The van der Waals surface area contributed by atoms with Crippen molar-refractivity contribution in [3.63, 3.8) is 0 Å². The van der Waals surface area contributed by atoms with Crippen molar-refractivity contribution >= 4 is 35.4 Å². The maximum Gasteiger partial charge on any atom is 0.472 e. The van der Waals surface area contributed by atoms with E-state index in [1.54, 1.807) is 0 Å². The zero-order valence-electron chi connectivity index (χ0n) is 35.5. The van der Waals surface area contributed by atoms with Gasteiger partial charge in [-0.25, -0.2) is 18.5 Å². The molecule has 0 aromatic carbocycles. The molecule has 0 heterocycles. The Bertz CT molecular complexity index is 2230. The monoisotopic (exact) mass is 999 g/mol. The molecule has 1 saturated carbocycles. The van der Waals surface area contributed by atoms with E-state index in [-0.39, 0.29) is 34.0 Å². The third-order valence-corrected chi connectivity index (χ3v) is 10.4. The second kappa shape index (κ2) is 34.0. The molecule has 23 heteroatoms. The van der Waals surface area contributed by atoms with Gasteiger partial charge >= 0.3 is 35.4 Å². The van der Waals surface area contributed by atoms with Gasteiger partial charge in [0.25, 0.3) is 0 Å². The lowest BCUT2D eigenvalue weighted by atomic mass is 9.85. The summed E-state index contributed by atoms with van der Waals surface area (Å²) in [6.07, 6.45) is 1.80. The first-order valence-corrected chi connectivity index (χ1v) is 24.4. The Labute approximate surface area is 401 Å². The molecule has 1 aliphatic carbocycles. The molecule has 0 aliphatic heterocycles. The van der Waals surface area contributed by atoms with Crippen molar-refractivity contribution in [2.24, 2.45) is 0 Å². The summed E-state index contributed by atoms with van der Waals surface area (Å²) in [7, 11) is -16.8. The number of aliphatic hydroxyl groups is 3. The van der Waals surface area contributed by atoms with Crippen LogP contribution in [-0.4, -0.2) is 108 Å². The van der Waals surface area contributed by atoms with Gasteiger partial charge in [0.2, 0.25) is 0 Å². The largest absolute Gasteiger partial charge is 0.472 e. The normalized spacial score (nSPS) is 19.8. The molecule has 8 atom stereocenters. The Morgan fingerprint density at radius 2 is 0.969 bits per heavy atom. The van der Waals surface area contributed by atoms with Crippen LogP contribution in [0.3, 0.4) is 0 Å². The lowest BCUT2D eigenvalue weighted by molar-refractivity contribution is -0.213. The van der Waals surface area contributed by atoms with Crippen LogP contribution >= 0.6 is 23.5 Å². The third-order valence-electron chi connectivity index (χ3n) is 8.39. The summed E-state index contributed by atoms with van der Waals surface area (Å²) in [5.74, 6) is 32.5. The third kappa shape index (κ3) is 30.4. The van der Waals surface area contributed by atoms with Crippen molar-refractivity contribution in [3.05, 3.63) is 0 Å². The molecule has 0 aromatic rings. The lowest BCUT2D eigenvalue weighted by Gasteiger charge is -2.44. The minimum Gasteiger partial charge on any atom is -0.456 e. The molecule has 4 unspecified atom stereocenters. The number of ether oxygens (including phenoxy) is 2. The van der Waals surface area contributed by atoms with Crippen LogP contribution in [0.5, 0.6) is 0 Å². The van der Waals surface area contributed by atoms with E-state index < -0.39 is 91.3 Å². The first-order chi connectivity index (χ1) is 30.3. The van der Waals surface area contributed by atoms with E-state index in [0.29, 0.717) is 12.8 Å². The summed E-state index contributed by atoms with van der Waals surface area (Å²) < 4.78 is 64.5. The number of carbonyl (C=O) groups excluding carboxylic acids is 2. The van der Waals surface area contributed by atoms with Gasteiger partial charge in [0.15, 0.2) is 6.10 Å². The minimum atomic E-state index is -5.64. The van der Waals surface area contributed by atoms with Crippen molar-refractivity contribution in [1.29, 1.82) is 0 Å². The molecule has 11 N–H and O–H groups in total. The number of esters is 2. The molecule has 0 saturated heterocycles. The molecule has 0 amide bonds. The van der Waals surface area contributed by atoms with Gasteiger partial charge in [-0.1, -0.05) is 84.0 Å². The zero-order valence-corrected chi connectivity index (χ0v) is 38.2. The van der Waals surface area contributed by atoms with Crippen molar-refractivity contribution in [1.82, 2.24) is 6.15 Å². The van der Waals surface area contributed by atoms with Gasteiger partial charge in [-0.15, -0.1) is 6.42 Å². The smallest absolute Gasteiger partial charge is 0.456 e. The Morgan fingerprint density at radius 1 is 0.569 bits per heavy atom. The number of hydrogen-bond donors (Lipinski definition) is 9. The SMILES string of the molecule is C#CC#CC#CC#CC#CC#CC#CC#CC(=O)OC[C@H](COP(=O)(O)OC1C(O)[C@H](OP(=O)(O)O)[C@H](OP(=O)(O)O)C(O)[C@@H]1O)OC(=O)CCCCCCCCCCCCCCC.N.[HH].[HH].[HH].[HH].[HH].[HH].[HH].[HH].[HH].[HH].[HH].[HH].[HH].[HH].[HH]. The fourth-order valence-corrected chi connectivity index (χ4v) is 7.63. The number of aliphatic hydroxyl groups excluding tert-OH is 3. The van der Waals surface area contributed by atoms with E-state index in [1.807, 2.05) is 5.92 Å². The van der Waals surface area contributed by atoms with E-state index in [4.69, 9.17) is 24.9 Å². The fourth-order valence-electron chi connectivity index (χ4n) is 5.53. The molecular weight excluding hydrogens is 915 g/mol. The summed E-state index contributed by atoms with van der Waals surface area (Å²) >= 11 is 0. The average Bonchev–Trinajstić information content (AvgIpc) is 3.22. The fraction of sp³-hybridized carbons (Fsp3) is 0.571. The maximum absolute atomic E-state index is 13.0. The quantitative estimate of drug-likeness (QED) is 0.0158. The van der Waals surface area contributed by atoms with Crippen molar-refractivity contribution in [2.75, 3.05) is 13.2 Å². The van der Waals surface area contributed by atoms with Crippen LogP contribution in [0.4, 0.5) is 0 Å². The van der Waals surface area contributed by atoms with Crippen LogP contribution in [0.25, 0.3) is 0 Å². The van der Waals surface area contributed by atoms with Gasteiger partial charge in [-0.3, -0.25) is 22.9 Å². The van der Waals surface area contributed by atoms with Gasteiger partial charge in [-0.05, 0) is 89.3 Å². The summed E-state index contributed by atoms with van der Waals surface area (Å²) in [6.45, 7) is 0.344. The molecule has 1 aliphatic rings.